The summed E-state index contributed by atoms with van der Waals surface area (Å²) in [5.41, 5.74) is 0. The number of hydrogen-bond acceptors (Lipinski definition) is 3. The van der Waals surface area contributed by atoms with E-state index in [1.165, 1.54) is 0 Å². The topological polar surface area (TPSA) is 60.7 Å². The maximum atomic E-state index is 9.58. The third kappa shape index (κ3) is 5.17. The molecule has 0 rings (SSSR count). The van der Waals surface area contributed by atoms with Crippen molar-refractivity contribution in [2.45, 2.75) is 32.5 Å². The summed E-state index contributed by atoms with van der Waals surface area (Å²) in [5, 5.41) is 27.7. The summed E-state index contributed by atoms with van der Waals surface area (Å²) in [4.78, 5) is 0. The molecule has 0 aliphatic heterocycles. The Morgan fingerprint density at radius 2 is 1.86 bits per heavy atom. The lowest BCUT2D eigenvalue weighted by atomic mass is 9.95. The van der Waals surface area contributed by atoms with E-state index in [0.29, 0.717) is 6.42 Å². The first kappa shape index (κ1) is 13.4. The van der Waals surface area contributed by atoms with E-state index in [2.05, 4.69) is 0 Å². The van der Waals surface area contributed by atoms with E-state index in [-0.39, 0.29) is 12.5 Å². The smallest absolute Gasteiger partial charge is 0.0774 e. The van der Waals surface area contributed by atoms with Gasteiger partial charge in [0.05, 0.1) is 12.2 Å². The van der Waals surface area contributed by atoms with Crippen LogP contribution in [0.4, 0.5) is 0 Å². The van der Waals surface area contributed by atoms with Gasteiger partial charge in [0, 0.05) is 12.5 Å². The highest BCUT2D eigenvalue weighted by atomic mass is 16.3. The number of rotatable bonds is 6. The summed E-state index contributed by atoms with van der Waals surface area (Å²) in [5.74, 6) is -0.261. The van der Waals surface area contributed by atoms with Crippen LogP contribution in [-0.4, -0.2) is 34.1 Å². The summed E-state index contributed by atoms with van der Waals surface area (Å²) in [6.45, 7) is 3.59. The van der Waals surface area contributed by atoms with Crippen LogP contribution in [0.5, 0.6) is 0 Å². The molecule has 0 bridgehead atoms. The highest BCUT2D eigenvalue weighted by Gasteiger charge is 2.19. The molecule has 0 aromatic heterocycles. The zero-order valence-electron chi connectivity index (χ0n) is 8.80. The van der Waals surface area contributed by atoms with Crippen LogP contribution in [0.2, 0.25) is 0 Å². The number of allylic oxidation sites excluding steroid dienone is 3. The molecule has 0 fully saturated rings. The van der Waals surface area contributed by atoms with Crippen molar-refractivity contribution in [3.63, 3.8) is 0 Å². The van der Waals surface area contributed by atoms with Crippen molar-refractivity contribution in [3.8, 4) is 0 Å². The monoisotopic (exact) mass is 200 g/mol. The number of aliphatic hydroxyl groups is 3. The molecule has 3 atom stereocenters. The van der Waals surface area contributed by atoms with Crippen LogP contribution in [-0.2, 0) is 0 Å². The fourth-order valence-electron chi connectivity index (χ4n) is 1.09. The second kappa shape index (κ2) is 7.74. The number of hydrogen-bond donors (Lipinski definition) is 3. The van der Waals surface area contributed by atoms with E-state index in [1.807, 2.05) is 19.1 Å². The van der Waals surface area contributed by atoms with Gasteiger partial charge in [-0.2, -0.15) is 0 Å². The SMILES string of the molecule is C/C=C/C=C/[C@@H](O)[C@@H](C)[C@H](O)CCO. The molecule has 3 heteroatoms. The minimum Gasteiger partial charge on any atom is -0.396 e. The molecule has 0 aromatic rings. The van der Waals surface area contributed by atoms with Crippen LogP contribution in [0, 0.1) is 5.92 Å². The van der Waals surface area contributed by atoms with Gasteiger partial charge in [-0.15, -0.1) is 0 Å². The molecular formula is C11H20O3. The second-order valence-electron chi connectivity index (χ2n) is 3.34. The largest absolute Gasteiger partial charge is 0.396 e. The lowest BCUT2D eigenvalue weighted by Crippen LogP contribution is -2.28. The third-order valence-corrected chi connectivity index (χ3v) is 2.18. The van der Waals surface area contributed by atoms with Gasteiger partial charge in [0.25, 0.3) is 0 Å². The van der Waals surface area contributed by atoms with Gasteiger partial charge in [-0.3, -0.25) is 0 Å². The van der Waals surface area contributed by atoms with Crippen LogP contribution < -0.4 is 0 Å². The minimum atomic E-state index is -0.673. The standard InChI is InChI=1S/C11H20O3/c1-3-4-5-6-10(13)9(2)11(14)7-8-12/h3-6,9-14H,7-8H2,1-2H3/b4-3+,6-5+/t9-,10-,11-/m1/s1. The van der Waals surface area contributed by atoms with Crippen molar-refractivity contribution in [1.82, 2.24) is 0 Å². The molecule has 0 aromatic carbocycles. The van der Waals surface area contributed by atoms with Gasteiger partial charge in [-0.25, -0.2) is 0 Å². The Morgan fingerprint density at radius 3 is 2.36 bits per heavy atom. The molecule has 0 spiro atoms. The van der Waals surface area contributed by atoms with Gasteiger partial charge in [-0.05, 0) is 13.3 Å². The normalized spacial score (nSPS) is 18.9. The summed E-state index contributed by atoms with van der Waals surface area (Å²) in [7, 11) is 0. The summed E-state index contributed by atoms with van der Waals surface area (Å²) in [6, 6.07) is 0. The predicted octanol–water partition coefficient (Wildman–Crippen LogP) is 0.859. The average Bonchev–Trinajstić information content (AvgIpc) is 2.17. The summed E-state index contributed by atoms with van der Waals surface area (Å²) < 4.78 is 0. The molecule has 0 unspecified atom stereocenters. The average molecular weight is 200 g/mol. The number of aliphatic hydroxyl groups excluding tert-OH is 3. The Labute approximate surface area is 85.4 Å². The molecule has 0 saturated heterocycles. The maximum Gasteiger partial charge on any atom is 0.0774 e. The van der Waals surface area contributed by atoms with Crippen molar-refractivity contribution < 1.29 is 15.3 Å². The Bertz CT molecular complexity index is 187. The van der Waals surface area contributed by atoms with Gasteiger partial charge in [0.15, 0.2) is 0 Å². The maximum absolute atomic E-state index is 9.58. The molecule has 0 aliphatic rings. The van der Waals surface area contributed by atoms with Crippen LogP contribution >= 0.6 is 0 Å². The van der Waals surface area contributed by atoms with E-state index in [4.69, 9.17) is 5.11 Å². The molecule has 0 heterocycles. The zero-order chi connectivity index (χ0) is 11.0. The van der Waals surface area contributed by atoms with Crippen molar-refractivity contribution in [3.05, 3.63) is 24.3 Å². The molecule has 0 amide bonds. The van der Waals surface area contributed by atoms with Crippen molar-refractivity contribution >= 4 is 0 Å². The highest BCUT2D eigenvalue weighted by Crippen LogP contribution is 2.12. The van der Waals surface area contributed by atoms with E-state index in [1.54, 1.807) is 19.1 Å². The minimum absolute atomic E-state index is 0.0587. The Hall–Kier alpha value is -0.640. The van der Waals surface area contributed by atoms with Gasteiger partial charge in [-0.1, -0.05) is 31.2 Å². The molecule has 0 radical (unpaired) electrons. The summed E-state index contributed by atoms with van der Waals surface area (Å²) >= 11 is 0. The van der Waals surface area contributed by atoms with Gasteiger partial charge in [0.1, 0.15) is 0 Å². The van der Waals surface area contributed by atoms with E-state index in [0.717, 1.165) is 0 Å². The fourth-order valence-corrected chi connectivity index (χ4v) is 1.09. The Kier molecular flexibility index (Phi) is 7.38. The highest BCUT2D eigenvalue weighted by molar-refractivity contribution is 5.04. The predicted molar refractivity (Wildman–Crippen MR) is 56.8 cm³/mol. The molecule has 14 heavy (non-hydrogen) atoms. The van der Waals surface area contributed by atoms with Crippen LogP contribution in [0.1, 0.15) is 20.3 Å². The Morgan fingerprint density at radius 1 is 1.21 bits per heavy atom. The van der Waals surface area contributed by atoms with Gasteiger partial charge >= 0.3 is 0 Å². The molecular weight excluding hydrogens is 180 g/mol. The summed E-state index contributed by atoms with van der Waals surface area (Å²) in [6.07, 6.45) is 6.01. The molecule has 0 aliphatic carbocycles. The van der Waals surface area contributed by atoms with E-state index < -0.39 is 12.2 Å². The second-order valence-corrected chi connectivity index (χ2v) is 3.34. The lowest BCUT2D eigenvalue weighted by Gasteiger charge is -2.20. The van der Waals surface area contributed by atoms with E-state index in [9.17, 15) is 10.2 Å². The molecule has 82 valence electrons. The van der Waals surface area contributed by atoms with Crippen molar-refractivity contribution in [1.29, 1.82) is 0 Å². The third-order valence-electron chi connectivity index (χ3n) is 2.18. The first-order valence-electron chi connectivity index (χ1n) is 4.90. The fraction of sp³-hybridized carbons (Fsp3) is 0.636. The molecule has 3 nitrogen and oxygen atoms in total. The van der Waals surface area contributed by atoms with Crippen LogP contribution in [0.25, 0.3) is 0 Å². The Balaban J connectivity index is 4.03. The van der Waals surface area contributed by atoms with Crippen LogP contribution in [0.15, 0.2) is 24.3 Å². The van der Waals surface area contributed by atoms with Gasteiger partial charge < -0.3 is 15.3 Å². The van der Waals surface area contributed by atoms with Crippen molar-refractivity contribution in [2.75, 3.05) is 6.61 Å². The quantitative estimate of drug-likeness (QED) is 0.557. The van der Waals surface area contributed by atoms with Crippen LogP contribution in [0.3, 0.4) is 0 Å². The molecule has 0 saturated carbocycles. The first-order valence-corrected chi connectivity index (χ1v) is 4.90. The van der Waals surface area contributed by atoms with Gasteiger partial charge in [0.2, 0.25) is 0 Å². The lowest BCUT2D eigenvalue weighted by molar-refractivity contribution is 0.0298. The molecule has 3 N–H and O–H groups in total. The van der Waals surface area contributed by atoms with Crippen molar-refractivity contribution in [2.24, 2.45) is 5.92 Å². The zero-order valence-corrected chi connectivity index (χ0v) is 8.80. The van der Waals surface area contributed by atoms with E-state index >= 15 is 0 Å². The first-order chi connectivity index (χ1) is 6.63.